The summed E-state index contributed by atoms with van der Waals surface area (Å²) in [6.07, 6.45) is 0.155. The van der Waals surface area contributed by atoms with Crippen molar-refractivity contribution in [3.63, 3.8) is 0 Å². The van der Waals surface area contributed by atoms with Crippen LogP contribution in [0.1, 0.15) is 32.4 Å². The molecule has 1 amide bonds. The second-order valence-electron chi connectivity index (χ2n) is 5.74. The van der Waals surface area contributed by atoms with E-state index in [1.807, 2.05) is 75.4 Å². The molecule has 0 saturated carbocycles. The highest BCUT2D eigenvalue weighted by atomic mass is 16.5. The standard InChI is InChI=1S/C19H24N2O2/c1-14(2)23-18-11-9-16(10-12-18)15(3)21-19(22)13-20-17-7-5-4-6-8-17/h4-12,14-15,20H,13H2,1-3H3,(H,21,22). The fourth-order valence-corrected chi connectivity index (χ4v) is 2.22. The van der Waals surface area contributed by atoms with Crippen LogP contribution in [0.3, 0.4) is 0 Å². The van der Waals surface area contributed by atoms with Gasteiger partial charge in [-0.3, -0.25) is 4.79 Å². The number of carbonyl (C=O) groups excluding carboxylic acids is 1. The minimum Gasteiger partial charge on any atom is -0.491 e. The zero-order valence-electron chi connectivity index (χ0n) is 13.9. The molecule has 0 spiro atoms. The summed E-state index contributed by atoms with van der Waals surface area (Å²) in [4.78, 5) is 12.0. The summed E-state index contributed by atoms with van der Waals surface area (Å²) in [6, 6.07) is 17.5. The number of nitrogens with one attached hydrogen (secondary N) is 2. The highest BCUT2D eigenvalue weighted by Crippen LogP contribution is 2.18. The van der Waals surface area contributed by atoms with Crippen molar-refractivity contribution in [3.8, 4) is 5.75 Å². The average molecular weight is 312 g/mol. The Labute approximate surface area is 137 Å². The molecule has 1 unspecified atom stereocenters. The maximum Gasteiger partial charge on any atom is 0.239 e. The topological polar surface area (TPSA) is 50.4 Å². The van der Waals surface area contributed by atoms with E-state index in [2.05, 4.69) is 10.6 Å². The van der Waals surface area contributed by atoms with Gasteiger partial charge in [-0.15, -0.1) is 0 Å². The Morgan fingerprint density at radius 1 is 1.00 bits per heavy atom. The molecule has 2 aromatic rings. The molecule has 0 aliphatic rings. The van der Waals surface area contributed by atoms with Gasteiger partial charge < -0.3 is 15.4 Å². The van der Waals surface area contributed by atoms with Crippen molar-refractivity contribution < 1.29 is 9.53 Å². The van der Waals surface area contributed by atoms with Crippen LogP contribution in [0.25, 0.3) is 0 Å². The molecule has 1 atom stereocenters. The number of para-hydroxylation sites is 1. The van der Waals surface area contributed by atoms with Gasteiger partial charge >= 0.3 is 0 Å². The molecule has 23 heavy (non-hydrogen) atoms. The lowest BCUT2D eigenvalue weighted by Crippen LogP contribution is -2.32. The number of ether oxygens (including phenoxy) is 1. The van der Waals surface area contributed by atoms with Gasteiger partial charge in [0.15, 0.2) is 0 Å². The minimum absolute atomic E-state index is 0.0381. The first-order chi connectivity index (χ1) is 11.0. The lowest BCUT2D eigenvalue weighted by molar-refractivity contribution is -0.120. The molecule has 0 heterocycles. The number of hydrogen-bond acceptors (Lipinski definition) is 3. The fourth-order valence-electron chi connectivity index (χ4n) is 2.22. The third-order valence-electron chi connectivity index (χ3n) is 3.36. The predicted octanol–water partition coefficient (Wildman–Crippen LogP) is 3.76. The fraction of sp³-hybridized carbons (Fsp3) is 0.316. The van der Waals surface area contributed by atoms with E-state index < -0.39 is 0 Å². The van der Waals surface area contributed by atoms with Crippen molar-refractivity contribution in [1.82, 2.24) is 5.32 Å². The van der Waals surface area contributed by atoms with Gasteiger partial charge in [-0.1, -0.05) is 30.3 Å². The summed E-state index contributed by atoms with van der Waals surface area (Å²) >= 11 is 0. The first kappa shape index (κ1) is 16.9. The molecule has 0 bridgehead atoms. The molecule has 0 saturated heterocycles. The van der Waals surface area contributed by atoms with Gasteiger partial charge in [0.25, 0.3) is 0 Å². The van der Waals surface area contributed by atoms with Gasteiger partial charge in [0, 0.05) is 5.69 Å². The Bertz CT molecular complexity index is 609. The Morgan fingerprint density at radius 2 is 1.65 bits per heavy atom. The first-order valence-electron chi connectivity index (χ1n) is 7.89. The summed E-state index contributed by atoms with van der Waals surface area (Å²) in [5.74, 6) is 0.803. The van der Waals surface area contributed by atoms with E-state index in [1.165, 1.54) is 0 Å². The summed E-state index contributed by atoms with van der Waals surface area (Å²) in [5.41, 5.74) is 1.99. The molecule has 2 aromatic carbocycles. The van der Waals surface area contributed by atoms with Crippen molar-refractivity contribution in [1.29, 1.82) is 0 Å². The van der Waals surface area contributed by atoms with Crippen molar-refractivity contribution >= 4 is 11.6 Å². The zero-order chi connectivity index (χ0) is 16.7. The molecule has 0 aromatic heterocycles. The minimum atomic E-state index is -0.0480. The van der Waals surface area contributed by atoms with Crippen LogP contribution in [0.15, 0.2) is 54.6 Å². The van der Waals surface area contributed by atoms with E-state index in [-0.39, 0.29) is 24.6 Å². The molecule has 0 radical (unpaired) electrons. The molecule has 2 rings (SSSR count). The van der Waals surface area contributed by atoms with E-state index >= 15 is 0 Å². The molecular formula is C19H24N2O2. The van der Waals surface area contributed by atoms with Crippen LogP contribution in [0.5, 0.6) is 5.75 Å². The van der Waals surface area contributed by atoms with Crippen LogP contribution >= 0.6 is 0 Å². The lowest BCUT2D eigenvalue weighted by Gasteiger charge is -2.16. The van der Waals surface area contributed by atoms with Crippen molar-refractivity contribution in [2.75, 3.05) is 11.9 Å². The van der Waals surface area contributed by atoms with Gasteiger partial charge in [0.05, 0.1) is 18.7 Å². The Hall–Kier alpha value is -2.49. The Morgan fingerprint density at radius 3 is 2.26 bits per heavy atom. The SMILES string of the molecule is CC(C)Oc1ccc(C(C)NC(=O)CNc2ccccc2)cc1. The van der Waals surface area contributed by atoms with Crippen LogP contribution < -0.4 is 15.4 Å². The molecular weight excluding hydrogens is 288 g/mol. The average Bonchev–Trinajstić information content (AvgIpc) is 2.54. The number of anilines is 1. The normalized spacial score (nSPS) is 11.8. The van der Waals surface area contributed by atoms with Crippen LogP contribution in [0, 0.1) is 0 Å². The molecule has 0 aliphatic heterocycles. The molecule has 122 valence electrons. The van der Waals surface area contributed by atoms with Crippen LogP contribution in [-0.4, -0.2) is 18.6 Å². The lowest BCUT2D eigenvalue weighted by atomic mass is 10.1. The third kappa shape index (κ3) is 5.66. The second-order valence-corrected chi connectivity index (χ2v) is 5.74. The van der Waals surface area contributed by atoms with Crippen molar-refractivity contribution in [2.45, 2.75) is 32.9 Å². The van der Waals surface area contributed by atoms with Crippen LogP contribution in [0.2, 0.25) is 0 Å². The van der Waals surface area contributed by atoms with Gasteiger partial charge in [-0.2, -0.15) is 0 Å². The maximum absolute atomic E-state index is 12.0. The van der Waals surface area contributed by atoms with Crippen LogP contribution in [0.4, 0.5) is 5.69 Å². The van der Waals surface area contributed by atoms with E-state index in [4.69, 9.17) is 4.74 Å². The highest BCUT2D eigenvalue weighted by molar-refractivity contribution is 5.81. The highest BCUT2D eigenvalue weighted by Gasteiger charge is 2.09. The van der Waals surface area contributed by atoms with E-state index in [0.29, 0.717) is 0 Å². The second kappa shape index (κ2) is 8.22. The smallest absolute Gasteiger partial charge is 0.239 e. The van der Waals surface area contributed by atoms with E-state index in [1.54, 1.807) is 0 Å². The van der Waals surface area contributed by atoms with Gasteiger partial charge in [0.1, 0.15) is 5.75 Å². The Kier molecular flexibility index (Phi) is 6.03. The third-order valence-corrected chi connectivity index (χ3v) is 3.36. The Balaban J connectivity index is 1.83. The molecule has 2 N–H and O–H groups in total. The number of benzene rings is 2. The van der Waals surface area contributed by atoms with E-state index in [9.17, 15) is 4.79 Å². The zero-order valence-corrected chi connectivity index (χ0v) is 13.9. The van der Waals surface area contributed by atoms with Gasteiger partial charge in [-0.05, 0) is 50.6 Å². The molecule has 0 fully saturated rings. The summed E-state index contributed by atoms with van der Waals surface area (Å²) in [5, 5.41) is 6.08. The van der Waals surface area contributed by atoms with Crippen molar-refractivity contribution in [2.24, 2.45) is 0 Å². The largest absolute Gasteiger partial charge is 0.491 e. The van der Waals surface area contributed by atoms with Crippen LogP contribution in [-0.2, 0) is 4.79 Å². The summed E-state index contributed by atoms with van der Waals surface area (Å²) in [7, 11) is 0. The van der Waals surface area contributed by atoms with Gasteiger partial charge in [-0.25, -0.2) is 0 Å². The first-order valence-corrected chi connectivity index (χ1v) is 7.89. The number of amides is 1. The van der Waals surface area contributed by atoms with E-state index in [0.717, 1.165) is 17.0 Å². The number of rotatable bonds is 7. The van der Waals surface area contributed by atoms with Crippen molar-refractivity contribution in [3.05, 3.63) is 60.2 Å². The molecule has 4 heteroatoms. The molecule has 0 aliphatic carbocycles. The summed E-state index contributed by atoms with van der Waals surface area (Å²) < 4.78 is 5.62. The molecule has 4 nitrogen and oxygen atoms in total. The number of hydrogen-bond donors (Lipinski definition) is 2. The number of carbonyl (C=O) groups is 1. The monoisotopic (exact) mass is 312 g/mol. The summed E-state index contributed by atoms with van der Waals surface area (Å²) in [6.45, 7) is 6.22. The quantitative estimate of drug-likeness (QED) is 0.818. The maximum atomic E-state index is 12.0. The predicted molar refractivity (Wildman–Crippen MR) is 93.7 cm³/mol. The van der Waals surface area contributed by atoms with Gasteiger partial charge in [0.2, 0.25) is 5.91 Å².